The number of halogens is 1. The normalized spacial score (nSPS) is 11.9. The van der Waals surface area contributed by atoms with Gasteiger partial charge in [-0.3, -0.25) is 4.79 Å². The first kappa shape index (κ1) is 14.8. The molecule has 6 heteroatoms. The Labute approximate surface area is 111 Å². The predicted octanol–water partition coefficient (Wildman–Crippen LogP) is 0.842. The van der Waals surface area contributed by atoms with E-state index in [0.717, 1.165) is 0 Å². The minimum absolute atomic E-state index is 0.125. The van der Waals surface area contributed by atoms with E-state index in [9.17, 15) is 9.90 Å². The third-order valence-electron chi connectivity index (χ3n) is 2.06. The molecule has 0 radical (unpaired) electrons. The van der Waals surface area contributed by atoms with Crippen molar-refractivity contribution in [2.45, 2.75) is 6.10 Å². The number of amides is 1. The average molecular weight is 274 g/mol. The molecule has 1 unspecified atom stereocenters. The summed E-state index contributed by atoms with van der Waals surface area (Å²) in [6.45, 7) is 0.182. The van der Waals surface area contributed by atoms with Crippen LogP contribution in [0.1, 0.15) is 0 Å². The van der Waals surface area contributed by atoms with E-state index < -0.39 is 6.10 Å². The topological polar surface area (TPSA) is 67.8 Å². The molecule has 0 aliphatic heterocycles. The number of aliphatic hydroxyl groups is 1. The van der Waals surface area contributed by atoms with Crippen LogP contribution in [0.3, 0.4) is 0 Å². The summed E-state index contributed by atoms with van der Waals surface area (Å²) in [4.78, 5) is 11.4. The maximum atomic E-state index is 11.4. The second-order valence-electron chi connectivity index (χ2n) is 3.66. The van der Waals surface area contributed by atoms with Crippen LogP contribution in [0.25, 0.3) is 0 Å². The highest BCUT2D eigenvalue weighted by Crippen LogP contribution is 2.16. The number of ether oxygens (including phenoxy) is 2. The molecule has 0 spiro atoms. The van der Waals surface area contributed by atoms with Crippen LogP contribution in [0.15, 0.2) is 24.3 Å². The maximum Gasteiger partial charge on any atom is 0.258 e. The Bertz CT molecular complexity index is 386. The molecule has 1 rings (SSSR count). The SMILES string of the molecule is COCC(O)CNC(=O)COc1cccc(Cl)c1. The van der Waals surface area contributed by atoms with E-state index in [2.05, 4.69) is 5.32 Å². The summed E-state index contributed by atoms with van der Waals surface area (Å²) in [7, 11) is 1.48. The van der Waals surface area contributed by atoms with Crippen LogP contribution in [-0.4, -0.2) is 44.0 Å². The summed E-state index contributed by atoms with van der Waals surface area (Å²) in [5.41, 5.74) is 0. The molecule has 2 N–H and O–H groups in total. The number of aliphatic hydroxyl groups excluding tert-OH is 1. The van der Waals surface area contributed by atoms with Gasteiger partial charge in [0, 0.05) is 18.7 Å². The first-order chi connectivity index (χ1) is 8.61. The lowest BCUT2D eigenvalue weighted by molar-refractivity contribution is -0.123. The molecular formula is C12H16ClNO4. The predicted molar refractivity (Wildman–Crippen MR) is 67.8 cm³/mol. The van der Waals surface area contributed by atoms with Crippen molar-refractivity contribution >= 4 is 17.5 Å². The molecule has 1 aromatic carbocycles. The lowest BCUT2D eigenvalue weighted by Crippen LogP contribution is -2.36. The highest BCUT2D eigenvalue weighted by molar-refractivity contribution is 6.30. The number of nitrogens with one attached hydrogen (secondary N) is 1. The Kier molecular flexibility index (Phi) is 6.49. The van der Waals surface area contributed by atoms with Gasteiger partial charge in [0.05, 0.1) is 12.7 Å². The van der Waals surface area contributed by atoms with Gasteiger partial charge in [-0.2, -0.15) is 0 Å². The summed E-state index contributed by atoms with van der Waals surface area (Å²) in [6, 6.07) is 6.78. The molecular weight excluding hydrogens is 258 g/mol. The van der Waals surface area contributed by atoms with Crippen molar-refractivity contribution in [1.29, 1.82) is 0 Å². The fourth-order valence-corrected chi connectivity index (χ4v) is 1.42. The second kappa shape index (κ2) is 7.92. The van der Waals surface area contributed by atoms with Crippen molar-refractivity contribution in [3.63, 3.8) is 0 Å². The van der Waals surface area contributed by atoms with Crippen LogP contribution in [0.2, 0.25) is 5.02 Å². The molecule has 100 valence electrons. The van der Waals surface area contributed by atoms with Gasteiger partial charge in [-0.1, -0.05) is 17.7 Å². The van der Waals surface area contributed by atoms with Gasteiger partial charge in [0.25, 0.3) is 5.91 Å². The van der Waals surface area contributed by atoms with Gasteiger partial charge >= 0.3 is 0 Å². The van der Waals surface area contributed by atoms with Crippen molar-refractivity contribution in [3.05, 3.63) is 29.3 Å². The van der Waals surface area contributed by atoms with E-state index in [1.165, 1.54) is 7.11 Å². The number of rotatable bonds is 7. The van der Waals surface area contributed by atoms with Crippen LogP contribution in [0, 0.1) is 0 Å². The lowest BCUT2D eigenvalue weighted by atomic mass is 10.3. The molecule has 0 aliphatic carbocycles. The summed E-state index contributed by atoms with van der Waals surface area (Å²) >= 11 is 5.77. The van der Waals surface area contributed by atoms with Crippen LogP contribution >= 0.6 is 11.6 Å². The number of benzene rings is 1. The minimum atomic E-state index is -0.717. The fourth-order valence-electron chi connectivity index (χ4n) is 1.24. The lowest BCUT2D eigenvalue weighted by Gasteiger charge is -2.11. The van der Waals surface area contributed by atoms with Gasteiger partial charge < -0.3 is 19.9 Å². The van der Waals surface area contributed by atoms with Crippen LogP contribution in [0.5, 0.6) is 5.75 Å². The minimum Gasteiger partial charge on any atom is -0.484 e. The highest BCUT2D eigenvalue weighted by Gasteiger charge is 2.07. The second-order valence-corrected chi connectivity index (χ2v) is 4.10. The molecule has 0 saturated heterocycles. The quantitative estimate of drug-likeness (QED) is 0.773. The van der Waals surface area contributed by atoms with Crippen molar-refractivity contribution in [2.75, 3.05) is 26.9 Å². The van der Waals surface area contributed by atoms with E-state index in [4.69, 9.17) is 21.1 Å². The molecule has 18 heavy (non-hydrogen) atoms. The van der Waals surface area contributed by atoms with Crippen LogP contribution in [-0.2, 0) is 9.53 Å². The van der Waals surface area contributed by atoms with E-state index in [-0.39, 0.29) is 25.7 Å². The van der Waals surface area contributed by atoms with E-state index in [0.29, 0.717) is 10.8 Å². The van der Waals surface area contributed by atoms with Gasteiger partial charge in [0.2, 0.25) is 0 Å². The zero-order valence-electron chi connectivity index (χ0n) is 10.1. The van der Waals surface area contributed by atoms with Gasteiger partial charge in [0.15, 0.2) is 6.61 Å². The van der Waals surface area contributed by atoms with Gasteiger partial charge in [-0.25, -0.2) is 0 Å². The maximum absolute atomic E-state index is 11.4. The Hall–Kier alpha value is -1.30. The van der Waals surface area contributed by atoms with E-state index >= 15 is 0 Å². The highest BCUT2D eigenvalue weighted by atomic mass is 35.5. The number of hydrogen-bond donors (Lipinski definition) is 2. The monoisotopic (exact) mass is 273 g/mol. The number of carbonyl (C=O) groups excluding carboxylic acids is 1. The van der Waals surface area contributed by atoms with Gasteiger partial charge in [-0.15, -0.1) is 0 Å². The summed E-state index contributed by atoms with van der Waals surface area (Å²) in [5, 5.41) is 12.4. The third-order valence-corrected chi connectivity index (χ3v) is 2.30. The largest absolute Gasteiger partial charge is 0.484 e. The molecule has 0 aliphatic rings. The molecule has 0 bridgehead atoms. The molecule has 0 aromatic heterocycles. The van der Waals surface area contributed by atoms with E-state index in [1.54, 1.807) is 24.3 Å². The van der Waals surface area contributed by atoms with Crippen molar-refractivity contribution in [2.24, 2.45) is 0 Å². The van der Waals surface area contributed by atoms with Gasteiger partial charge in [-0.05, 0) is 18.2 Å². The molecule has 1 atom stereocenters. The summed E-state index contributed by atoms with van der Waals surface area (Å²) in [6.07, 6.45) is -0.717. The van der Waals surface area contributed by atoms with E-state index in [1.807, 2.05) is 0 Å². The third kappa shape index (κ3) is 5.86. The summed E-state index contributed by atoms with van der Waals surface area (Å²) in [5.74, 6) is 0.209. The molecule has 0 fully saturated rings. The van der Waals surface area contributed by atoms with Gasteiger partial charge in [0.1, 0.15) is 5.75 Å². The summed E-state index contributed by atoms with van der Waals surface area (Å²) < 4.78 is 9.96. The molecule has 0 heterocycles. The Morgan fingerprint density at radius 2 is 2.33 bits per heavy atom. The van der Waals surface area contributed by atoms with Crippen LogP contribution in [0.4, 0.5) is 0 Å². The Balaban J connectivity index is 2.25. The molecule has 0 saturated carbocycles. The Morgan fingerprint density at radius 1 is 1.56 bits per heavy atom. The molecule has 1 amide bonds. The number of hydrogen-bond acceptors (Lipinski definition) is 4. The first-order valence-corrected chi connectivity index (χ1v) is 5.81. The number of methoxy groups -OCH3 is 1. The van der Waals surface area contributed by atoms with Crippen molar-refractivity contribution in [3.8, 4) is 5.75 Å². The molecule has 5 nitrogen and oxygen atoms in total. The number of carbonyl (C=O) groups is 1. The Morgan fingerprint density at radius 3 is 3.00 bits per heavy atom. The molecule has 1 aromatic rings. The van der Waals surface area contributed by atoms with Crippen molar-refractivity contribution < 1.29 is 19.4 Å². The fraction of sp³-hybridized carbons (Fsp3) is 0.417. The average Bonchev–Trinajstić information content (AvgIpc) is 2.34. The zero-order chi connectivity index (χ0) is 13.4. The first-order valence-electron chi connectivity index (χ1n) is 5.44. The van der Waals surface area contributed by atoms with Crippen LogP contribution < -0.4 is 10.1 Å². The smallest absolute Gasteiger partial charge is 0.258 e. The standard InChI is InChI=1S/C12H16ClNO4/c1-17-7-10(15)6-14-12(16)8-18-11-4-2-3-9(13)5-11/h2-5,10,15H,6-8H2,1H3,(H,14,16). The van der Waals surface area contributed by atoms with Crippen molar-refractivity contribution in [1.82, 2.24) is 5.32 Å². The zero-order valence-corrected chi connectivity index (χ0v) is 10.8.